The first-order chi connectivity index (χ1) is 12.3. The first-order valence-corrected chi connectivity index (χ1v) is 10.4. The van der Waals surface area contributed by atoms with Gasteiger partial charge in [0.25, 0.3) is 5.91 Å². The lowest BCUT2D eigenvalue weighted by Gasteiger charge is -2.26. The molecular formula is C18H24N2O5S. The second-order valence-electron chi connectivity index (χ2n) is 7.02. The number of hydrogen-bond donors (Lipinski definition) is 1. The molecule has 0 aliphatic carbocycles. The zero-order chi connectivity index (χ0) is 18.9. The molecule has 3 rings (SSSR count). The van der Waals surface area contributed by atoms with E-state index >= 15 is 0 Å². The summed E-state index contributed by atoms with van der Waals surface area (Å²) in [6.07, 6.45) is 3.15. The molecule has 2 fully saturated rings. The molecule has 2 saturated heterocycles. The smallest absolute Gasteiger partial charge is 0.308 e. The van der Waals surface area contributed by atoms with E-state index in [4.69, 9.17) is 5.11 Å². The highest BCUT2D eigenvalue weighted by Gasteiger charge is 2.33. The fourth-order valence-corrected chi connectivity index (χ4v) is 5.11. The summed E-state index contributed by atoms with van der Waals surface area (Å²) in [7, 11) is -3.61. The van der Waals surface area contributed by atoms with Crippen molar-refractivity contribution in [1.29, 1.82) is 0 Å². The molecule has 1 amide bonds. The predicted molar refractivity (Wildman–Crippen MR) is 95.4 cm³/mol. The van der Waals surface area contributed by atoms with Crippen molar-refractivity contribution in [2.45, 2.75) is 37.5 Å². The highest BCUT2D eigenvalue weighted by Crippen LogP contribution is 2.25. The van der Waals surface area contributed by atoms with Gasteiger partial charge in [-0.1, -0.05) is 12.5 Å². The fraction of sp³-hybridized carbons (Fsp3) is 0.556. The van der Waals surface area contributed by atoms with Gasteiger partial charge in [0.1, 0.15) is 0 Å². The minimum absolute atomic E-state index is 0.127. The Bertz CT molecular complexity index is 815. The van der Waals surface area contributed by atoms with Crippen LogP contribution in [0.4, 0.5) is 0 Å². The third kappa shape index (κ3) is 3.61. The Morgan fingerprint density at radius 2 is 1.81 bits per heavy atom. The number of carboxylic acid groups (broad SMARTS) is 1. The summed E-state index contributed by atoms with van der Waals surface area (Å²) in [6.45, 7) is 3.31. The third-order valence-corrected chi connectivity index (χ3v) is 7.11. The Hall–Kier alpha value is -1.93. The minimum Gasteiger partial charge on any atom is -0.481 e. The molecule has 0 saturated carbocycles. The number of carboxylic acids is 1. The van der Waals surface area contributed by atoms with Gasteiger partial charge in [0.2, 0.25) is 10.0 Å². The average molecular weight is 380 g/mol. The van der Waals surface area contributed by atoms with Crippen molar-refractivity contribution >= 4 is 21.9 Å². The lowest BCUT2D eigenvalue weighted by Crippen LogP contribution is -2.36. The van der Waals surface area contributed by atoms with Gasteiger partial charge in [0.05, 0.1) is 10.8 Å². The fourth-order valence-electron chi connectivity index (χ4n) is 3.56. The molecule has 0 bridgehead atoms. The number of nitrogens with zero attached hydrogens (tertiary/aromatic N) is 2. The first-order valence-electron chi connectivity index (χ1n) is 8.93. The lowest BCUT2D eigenvalue weighted by atomic mass is 10.1. The van der Waals surface area contributed by atoms with Gasteiger partial charge in [-0.3, -0.25) is 9.59 Å². The molecule has 1 N–H and O–H groups in total. The zero-order valence-corrected chi connectivity index (χ0v) is 15.7. The largest absolute Gasteiger partial charge is 0.481 e. The number of carbonyl (C=O) groups excluding carboxylic acids is 1. The van der Waals surface area contributed by atoms with Gasteiger partial charge in [-0.05, 0) is 43.9 Å². The van der Waals surface area contributed by atoms with E-state index in [2.05, 4.69) is 0 Å². The third-order valence-electron chi connectivity index (χ3n) is 5.22. The molecule has 0 radical (unpaired) electrons. The van der Waals surface area contributed by atoms with E-state index in [-0.39, 0.29) is 17.3 Å². The maximum Gasteiger partial charge on any atom is 0.308 e. The number of aliphatic carboxylic acids is 1. The molecule has 2 aliphatic heterocycles. The van der Waals surface area contributed by atoms with Crippen LogP contribution in [0.3, 0.4) is 0 Å². The van der Waals surface area contributed by atoms with Gasteiger partial charge >= 0.3 is 5.97 Å². The molecule has 7 nitrogen and oxygen atoms in total. The van der Waals surface area contributed by atoms with Gasteiger partial charge in [-0.15, -0.1) is 0 Å². The molecule has 8 heteroatoms. The van der Waals surface area contributed by atoms with Crippen molar-refractivity contribution in [3.05, 3.63) is 29.3 Å². The summed E-state index contributed by atoms with van der Waals surface area (Å²) in [6, 6.07) is 4.63. The molecule has 1 aromatic carbocycles. The van der Waals surface area contributed by atoms with Crippen LogP contribution in [0.15, 0.2) is 23.1 Å². The maximum atomic E-state index is 12.9. The number of amides is 1. The van der Waals surface area contributed by atoms with Gasteiger partial charge in [-0.25, -0.2) is 8.42 Å². The molecule has 142 valence electrons. The summed E-state index contributed by atoms with van der Waals surface area (Å²) in [5.74, 6) is -1.76. The number of aryl methyl sites for hydroxylation is 1. The average Bonchev–Trinajstić information content (AvgIpc) is 3.12. The second kappa shape index (κ2) is 7.36. The lowest BCUT2D eigenvalue weighted by molar-refractivity contribution is -0.141. The van der Waals surface area contributed by atoms with Gasteiger partial charge in [-0.2, -0.15) is 4.31 Å². The van der Waals surface area contributed by atoms with Crippen LogP contribution < -0.4 is 0 Å². The number of benzene rings is 1. The molecule has 1 aromatic rings. The Morgan fingerprint density at radius 1 is 1.12 bits per heavy atom. The second-order valence-corrected chi connectivity index (χ2v) is 8.95. The monoisotopic (exact) mass is 380 g/mol. The van der Waals surface area contributed by atoms with E-state index in [9.17, 15) is 18.0 Å². The zero-order valence-electron chi connectivity index (χ0n) is 14.8. The number of hydrogen-bond acceptors (Lipinski definition) is 4. The number of rotatable bonds is 4. The quantitative estimate of drug-likeness (QED) is 0.858. The summed E-state index contributed by atoms with van der Waals surface area (Å²) in [5, 5.41) is 9.11. The highest BCUT2D eigenvalue weighted by molar-refractivity contribution is 7.89. The number of carbonyl (C=O) groups is 2. The first kappa shape index (κ1) is 18.8. The van der Waals surface area contributed by atoms with Crippen molar-refractivity contribution in [3.8, 4) is 0 Å². The maximum absolute atomic E-state index is 12.9. The van der Waals surface area contributed by atoms with Gasteiger partial charge < -0.3 is 10.0 Å². The van der Waals surface area contributed by atoms with E-state index in [0.717, 1.165) is 19.3 Å². The van der Waals surface area contributed by atoms with E-state index in [1.165, 1.54) is 15.3 Å². The van der Waals surface area contributed by atoms with E-state index in [1.54, 1.807) is 19.1 Å². The molecule has 0 aromatic heterocycles. The standard InChI is InChI=1S/C18H24N2O5S/c1-13-5-6-15(26(24,25)20-8-3-2-4-9-20)11-16(13)17(21)19-10-7-14(12-19)18(22)23/h5-6,11,14H,2-4,7-10,12H2,1H3,(H,22,23). The summed E-state index contributed by atoms with van der Waals surface area (Å²) < 4.78 is 27.2. The van der Waals surface area contributed by atoms with Crippen LogP contribution in [0.5, 0.6) is 0 Å². The number of sulfonamides is 1. The number of piperidine rings is 1. The van der Waals surface area contributed by atoms with E-state index < -0.39 is 21.9 Å². The summed E-state index contributed by atoms with van der Waals surface area (Å²) in [4.78, 5) is 25.6. The molecular weight excluding hydrogens is 356 g/mol. The van der Waals surface area contributed by atoms with Crippen LogP contribution in [0.25, 0.3) is 0 Å². The van der Waals surface area contributed by atoms with E-state index in [1.807, 2.05) is 0 Å². The Labute approximate surface area is 153 Å². The van der Waals surface area contributed by atoms with E-state index in [0.29, 0.717) is 37.2 Å². The van der Waals surface area contributed by atoms with Gasteiger partial charge in [0, 0.05) is 31.7 Å². The molecule has 1 unspecified atom stereocenters. The van der Waals surface area contributed by atoms with Crippen LogP contribution in [-0.2, 0) is 14.8 Å². The van der Waals surface area contributed by atoms with Crippen LogP contribution in [0.1, 0.15) is 41.6 Å². The van der Waals surface area contributed by atoms with Crippen molar-refractivity contribution in [2.75, 3.05) is 26.2 Å². The Morgan fingerprint density at radius 3 is 2.42 bits per heavy atom. The van der Waals surface area contributed by atoms with Crippen molar-refractivity contribution in [3.63, 3.8) is 0 Å². The summed E-state index contributed by atoms with van der Waals surface area (Å²) >= 11 is 0. The Kier molecular flexibility index (Phi) is 5.34. The molecule has 2 aliphatic rings. The highest BCUT2D eigenvalue weighted by atomic mass is 32.2. The predicted octanol–water partition coefficient (Wildman–Crippen LogP) is 1.72. The van der Waals surface area contributed by atoms with Crippen molar-refractivity contribution in [2.24, 2.45) is 5.92 Å². The molecule has 2 heterocycles. The molecule has 26 heavy (non-hydrogen) atoms. The van der Waals surface area contributed by atoms with Crippen LogP contribution in [0, 0.1) is 12.8 Å². The Balaban J connectivity index is 1.86. The summed E-state index contributed by atoms with van der Waals surface area (Å²) in [5.41, 5.74) is 1.01. The normalized spacial score (nSPS) is 21.7. The topological polar surface area (TPSA) is 95.0 Å². The minimum atomic E-state index is -3.61. The van der Waals surface area contributed by atoms with Crippen LogP contribution in [0.2, 0.25) is 0 Å². The van der Waals surface area contributed by atoms with Crippen LogP contribution >= 0.6 is 0 Å². The number of likely N-dealkylation sites (tertiary alicyclic amines) is 1. The van der Waals surface area contributed by atoms with Crippen molar-refractivity contribution in [1.82, 2.24) is 9.21 Å². The van der Waals surface area contributed by atoms with Crippen LogP contribution in [-0.4, -0.2) is 60.8 Å². The van der Waals surface area contributed by atoms with Crippen molar-refractivity contribution < 1.29 is 23.1 Å². The van der Waals surface area contributed by atoms with Gasteiger partial charge in [0.15, 0.2) is 0 Å². The SMILES string of the molecule is Cc1ccc(S(=O)(=O)N2CCCCC2)cc1C(=O)N1CCC(C(=O)O)C1. The molecule has 1 atom stereocenters. The molecule has 0 spiro atoms.